The van der Waals surface area contributed by atoms with Gasteiger partial charge in [-0.3, -0.25) is 0 Å². The van der Waals surface area contributed by atoms with Crippen LogP contribution in [0.25, 0.3) is 0 Å². The van der Waals surface area contributed by atoms with Gasteiger partial charge in [-0.15, -0.1) is 0 Å². The van der Waals surface area contributed by atoms with Crippen molar-refractivity contribution in [1.82, 2.24) is 9.55 Å². The van der Waals surface area contributed by atoms with Gasteiger partial charge in [-0.25, -0.2) is 14.2 Å². The molecule has 0 amide bonds. The van der Waals surface area contributed by atoms with Crippen LogP contribution in [0.1, 0.15) is 15.9 Å². The lowest BCUT2D eigenvalue weighted by Gasteiger charge is -2.05. The van der Waals surface area contributed by atoms with E-state index in [1.54, 1.807) is 23.3 Å². The van der Waals surface area contributed by atoms with Crippen LogP contribution in [-0.4, -0.2) is 20.6 Å². The van der Waals surface area contributed by atoms with Crippen LogP contribution in [0.4, 0.5) is 4.39 Å². The Bertz CT molecular complexity index is 509. The number of imidazole rings is 1. The third-order valence-electron chi connectivity index (χ3n) is 2.20. The van der Waals surface area contributed by atoms with E-state index in [0.29, 0.717) is 5.56 Å². The first-order valence-electron chi connectivity index (χ1n) is 4.64. The van der Waals surface area contributed by atoms with Gasteiger partial charge in [0.1, 0.15) is 5.82 Å². The van der Waals surface area contributed by atoms with Crippen LogP contribution in [-0.2, 0) is 6.54 Å². The van der Waals surface area contributed by atoms with Gasteiger partial charge in [0.25, 0.3) is 0 Å². The molecule has 1 N–H and O–H groups in total. The van der Waals surface area contributed by atoms with Gasteiger partial charge in [0.15, 0.2) is 0 Å². The Balaban J connectivity index is 2.32. The Hall–Kier alpha value is -2.17. The summed E-state index contributed by atoms with van der Waals surface area (Å²) < 4.78 is 15.1. The fourth-order valence-corrected chi connectivity index (χ4v) is 1.41. The molecule has 0 aliphatic heterocycles. The summed E-state index contributed by atoms with van der Waals surface area (Å²) in [4.78, 5) is 14.6. The molecule has 0 bridgehead atoms. The highest BCUT2D eigenvalue weighted by Crippen LogP contribution is 2.12. The molecule has 0 fully saturated rings. The smallest absolute Gasteiger partial charge is 0.335 e. The van der Waals surface area contributed by atoms with Crippen LogP contribution in [0.2, 0.25) is 0 Å². The largest absolute Gasteiger partial charge is 0.478 e. The summed E-state index contributed by atoms with van der Waals surface area (Å²) in [5, 5.41) is 8.78. The Morgan fingerprint density at radius 3 is 2.94 bits per heavy atom. The van der Waals surface area contributed by atoms with Gasteiger partial charge in [-0.2, -0.15) is 0 Å². The first-order chi connectivity index (χ1) is 7.66. The topological polar surface area (TPSA) is 55.1 Å². The average Bonchev–Trinajstić information content (AvgIpc) is 2.73. The number of halogens is 1. The number of nitrogens with zero attached hydrogens (tertiary/aromatic N) is 2. The SMILES string of the molecule is O=C(O)c1ccc(F)c(Cn2ccnc2)c1. The highest BCUT2D eigenvalue weighted by molar-refractivity contribution is 5.87. The third kappa shape index (κ3) is 2.08. The molecule has 2 aromatic rings. The first-order valence-corrected chi connectivity index (χ1v) is 4.64. The number of carbonyl (C=O) groups is 1. The maximum atomic E-state index is 13.4. The second-order valence-corrected chi connectivity index (χ2v) is 3.35. The number of carboxylic acid groups (broad SMARTS) is 1. The Kier molecular flexibility index (Phi) is 2.68. The molecule has 4 nitrogen and oxygen atoms in total. The maximum absolute atomic E-state index is 13.4. The van der Waals surface area contributed by atoms with Crippen molar-refractivity contribution in [2.45, 2.75) is 6.54 Å². The Morgan fingerprint density at radius 1 is 1.50 bits per heavy atom. The standard InChI is InChI=1S/C11H9FN2O2/c12-10-2-1-8(11(15)16)5-9(10)6-14-4-3-13-7-14/h1-5,7H,6H2,(H,15,16). The number of rotatable bonds is 3. The molecule has 0 unspecified atom stereocenters. The number of hydrogen-bond donors (Lipinski definition) is 1. The quantitative estimate of drug-likeness (QED) is 0.857. The summed E-state index contributed by atoms with van der Waals surface area (Å²) in [6.07, 6.45) is 4.82. The van der Waals surface area contributed by atoms with Crippen molar-refractivity contribution < 1.29 is 14.3 Å². The van der Waals surface area contributed by atoms with Crippen molar-refractivity contribution >= 4 is 5.97 Å². The van der Waals surface area contributed by atoms with E-state index in [-0.39, 0.29) is 12.1 Å². The van der Waals surface area contributed by atoms with Crippen molar-refractivity contribution in [3.8, 4) is 0 Å². The summed E-state index contributed by atoms with van der Waals surface area (Å²) in [6, 6.07) is 3.74. The van der Waals surface area contributed by atoms with Gasteiger partial charge in [-0.1, -0.05) is 0 Å². The molecule has 0 aliphatic rings. The first kappa shape index (κ1) is 10.4. The normalized spacial score (nSPS) is 10.3. The zero-order valence-corrected chi connectivity index (χ0v) is 8.30. The molecule has 0 aliphatic carbocycles. The molecular weight excluding hydrogens is 211 g/mol. The zero-order chi connectivity index (χ0) is 11.5. The third-order valence-corrected chi connectivity index (χ3v) is 2.20. The molecule has 0 radical (unpaired) electrons. The fourth-order valence-electron chi connectivity index (χ4n) is 1.41. The van der Waals surface area contributed by atoms with Crippen molar-refractivity contribution in [2.24, 2.45) is 0 Å². The minimum Gasteiger partial charge on any atom is -0.478 e. The Labute approximate surface area is 91.0 Å². The van der Waals surface area contributed by atoms with Crippen LogP contribution in [0.5, 0.6) is 0 Å². The molecule has 1 heterocycles. The van der Waals surface area contributed by atoms with E-state index < -0.39 is 11.8 Å². The van der Waals surface area contributed by atoms with Gasteiger partial charge < -0.3 is 9.67 Å². The minimum atomic E-state index is -1.06. The van der Waals surface area contributed by atoms with Gasteiger partial charge in [0, 0.05) is 18.0 Å². The van der Waals surface area contributed by atoms with E-state index in [1.807, 2.05) is 0 Å². The number of benzene rings is 1. The maximum Gasteiger partial charge on any atom is 0.335 e. The molecule has 0 spiro atoms. The average molecular weight is 220 g/mol. The van der Waals surface area contributed by atoms with Crippen LogP contribution in [0.3, 0.4) is 0 Å². The monoisotopic (exact) mass is 220 g/mol. The summed E-state index contributed by atoms with van der Waals surface area (Å²) in [7, 11) is 0. The van der Waals surface area contributed by atoms with Gasteiger partial charge in [0.2, 0.25) is 0 Å². The van der Waals surface area contributed by atoms with Crippen molar-refractivity contribution in [3.63, 3.8) is 0 Å². The second-order valence-electron chi connectivity index (χ2n) is 3.35. The molecule has 16 heavy (non-hydrogen) atoms. The van der Waals surface area contributed by atoms with E-state index in [2.05, 4.69) is 4.98 Å². The summed E-state index contributed by atoms with van der Waals surface area (Å²) >= 11 is 0. The van der Waals surface area contributed by atoms with E-state index in [0.717, 1.165) is 6.07 Å². The van der Waals surface area contributed by atoms with Crippen LogP contribution in [0.15, 0.2) is 36.9 Å². The predicted molar refractivity (Wildman–Crippen MR) is 54.7 cm³/mol. The molecule has 5 heteroatoms. The highest BCUT2D eigenvalue weighted by atomic mass is 19.1. The van der Waals surface area contributed by atoms with Crippen molar-refractivity contribution in [1.29, 1.82) is 0 Å². The molecule has 1 aromatic carbocycles. The lowest BCUT2D eigenvalue weighted by Crippen LogP contribution is -2.03. The molecule has 1 aromatic heterocycles. The summed E-state index contributed by atoms with van der Waals surface area (Å²) in [5.74, 6) is -1.48. The lowest BCUT2D eigenvalue weighted by molar-refractivity contribution is 0.0696. The van der Waals surface area contributed by atoms with Crippen LogP contribution in [0, 0.1) is 5.82 Å². The molecule has 0 saturated heterocycles. The number of aromatic nitrogens is 2. The van der Waals surface area contributed by atoms with Crippen molar-refractivity contribution in [3.05, 3.63) is 53.9 Å². The van der Waals surface area contributed by atoms with E-state index in [1.165, 1.54) is 12.1 Å². The van der Waals surface area contributed by atoms with Crippen molar-refractivity contribution in [2.75, 3.05) is 0 Å². The number of aromatic carboxylic acids is 1. The Morgan fingerprint density at radius 2 is 2.31 bits per heavy atom. The minimum absolute atomic E-state index is 0.0801. The summed E-state index contributed by atoms with van der Waals surface area (Å²) in [6.45, 7) is 0.271. The van der Waals surface area contributed by atoms with Gasteiger partial charge in [0.05, 0.1) is 18.4 Å². The lowest BCUT2D eigenvalue weighted by atomic mass is 10.1. The fraction of sp³-hybridized carbons (Fsp3) is 0.0909. The van der Waals surface area contributed by atoms with Gasteiger partial charge >= 0.3 is 5.97 Å². The molecule has 2 rings (SSSR count). The molecule has 82 valence electrons. The van der Waals surface area contributed by atoms with E-state index in [9.17, 15) is 9.18 Å². The molecular formula is C11H9FN2O2. The van der Waals surface area contributed by atoms with E-state index in [4.69, 9.17) is 5.11 Å². The summed E-state index contributed by atoms with van der Waals surface area (Å²) in [5.41, 5.74) is 0.411. The number of carboxylic acids is 1. The molecule has 0 atom stereocenters. The predicted octanol–water partition coefficient (Wildman–Crippen LogP) is 1.77. The zero-order valence-electron chi connectivity index (χ0n) is 8.30. The van der Waals surface area contributed by atoms with Crippen LogP contribution >= 0.6 is 0 Å². The van der Waals surface area contributed by atoms with Crippen LogP contribution < -0.4 is 0 Å². The molecule has 0 saturated carbocycles. The second kappa shape index (κ2) is 4.14. The number of hydrogen-bond acceptors (Lipinski definition) is 2. The van der Waals surface area contributed by atoms with E-state index >= 15 is 0 Å². The highest BCUT2D eigenvalue weighted by Gasteiger charge is 2.08. The van der Waals surface area contributed by atoms with Gasteiger partial charge in [-0.05, 0) is 18.2 Å².